The number of nitrogens with one attached hydrogen (secondary N) is 1. The topological polar surface area (TPSA) is 84.2 Å². The van der Waals surface area contributed by atoms with E-state index >= 15 is 0 Å². The molecule has 25 heavy (non-hydrogen) atoms. The molecule has 0 atom stereocenters. The highest BCUT2D eigenvalue weighted by Gasteiger charge is 2.14. The van der Waals surface area contributed by atoms with Crippen molar-refractivity contribution in [2.24, 2.45) is 0 Å². The van der Waals surface area contributed by atoms with Gasteiger partial charge in [-0.2, -0.15) is 5.26 Å². The van der Waals surface area contributed by atoms with Crippen molar-refractivity contribution in [2.45, 2.75) is 13.3 Å². The highest BCUT2D eigenvalue weighted by molar-refractivity contribution is 9.10. The molecule has 1 aromatic carbocycles. The van der Waals surface area contributed by atoms with Crippen molar-refractivity contribution >= 4 is 44.4 Å². The fraction of sp³-hybridized carbons (Fsp3) is 0.235. The SMILES string of the molecule is CCCOc1c(Br)cc(/C=C(\C#N)C(=O)Nc2nccs2)cc1OC. The van der Waals surface area contributed by atoms with Gasteiger partial charge in [0.05, 0.1) is 18.2 Å². The number of aromatic nitrogens is 1. The predicted octanol–water partition coefficient (Wildman–Crippen LogP) is 4.25. The Bertz CT molecular complexity index is 813. The van der Waals surface area contributed by atoms with Crippen LogP contribution >= 0.6 is 27.3 Å². The molecule has 1 N–H and O–H groups in total. The van der Waals surface area contributed by atoms with E-state index in [2.05, 4.69) is 26.2 Å². The Morgan fingerprint density at radius 3 is 2.92 bits per heavy atom. The molecule has 1 aromatic heterocycles. The van der Waals surface area contributed by atoms with Crippen LogP contribution in [0.15, 0.2) is 33.8 Å². The van der Waals surface area contributed by atoms with Crippen molar-refractivity contribution in [1.29, 1.82) is 5.26 Å². The second kappa shape index (κ2) is 9.20. The third kappa shape index (κ3) is 5.05. The first-order valence-corrected chi connectivity index (χ1v) is 9.09. The van der Waals surface area contributed by atoms with E-state index in [0.29, 0.717) is 33.3 Å². The maximum Gasteiger partial charge on any atom is 0.268 e. The van der Waals surface area contributed by atoms with E-state index in [4.69, 9.17) is 9.47 Å². The molecule has 0 fully saturated rings. The molecular weight excluding hydrogens is 406 g/mol. The number of nitriles is 1. The Hall–Kier alpha value is -2.37. The van der Waals surface area contributed by atoms with E-state index in [-0.39, 0.29) is 5.57 Å². The largest absolute Gasteiger partial charge is 0.493 e. The zero-order valence-corrected chi connectivity index (χ0v) is 16.1. The molecule has 0 aliphatic carbocycles. The van der Waals surface area contributed by atoms with Gasteiger partial charge in [-0.05, 0) is 46.1 Å². The number of amides is 1. The van der Waals surface area contributed by atoms with E-state index in [1.807, 2.05) is 13.0 Å². The Morgan fingerprint density at radius 1 is 1.52 bits per heavy atom. The first-order chi connectivity index (χ1) is 12.1. The molecule has 0 aliphatic rings. The van der Waals surface area contributed by atoms with Crippen LogP contribution in [0.25, 0.3) is 6.08 Å². The molecule has 1 amide bonds. The van der Waals surface area contributed by atoms with Crippen molar-refractivity contribution in [3.05, 3.63) is 39.3 Å². The van der Waals surface area contributed by atoms with Crippen molar-refractivity contribution in [1.82, 2.24) is 4.98 Å². The van der Waals surface area contributed by atoms with Crippen LogP contribution in [0, 0.1) is 11.3 Å². The first kappa shape index (κ1) is 19.0. The summed E-state index contributed by atoms with van der Waals surface area (Å²) in [6, 6.07) is 5.38. The molecule has 0 saturated heterocycles. The van der Waals surface area contributed by atoms with Gasteiger partial charge in [-0.15, -0.1) is 11.3 Å². The van der Waals surface area contributed by atoms with E-state index < -0.39 is 5.91 Å². The Labute approximate surface area is 158 Å². The number of thiazole rings is 1. The Balaban J connectivity index is 2.29. The highest BCUT2D eigenvalue weighted by atomic mass is 79.9. The van der Waals surface area contributed by atoms with Crippen molar-refractivity contribution in [3.8, 4) is 17.6 Å². The van der Waals surface area contributed by atoms with Crippen LogP contribution in [0.2, 0.25) is 0 Å². The summed E-state index contributed by atoms with van der Waals surface area (Å²) in [5, 5.41) is 14.1. The molecule has 2 rings (SSSR count). The standard InChI is InChI=1S/C17H16BrN3O3S/c1-3-5-24-15-13(18)8-11(9-14(15)23-2)7-12(10-19)16(22)21-17-20-4-6-25-17/h4,6-9H,3,5H2,1-2H3,(H,20,21,22)/b12-7+. The molecular formula is C17H16BrN3O3S. The molecule has 0 radical (unpaired) electrons. The fourth-order valence-corrected chi connectivity index (χ4v) is 3.03. The number of benzene rings is 1. The zero-order valence-electron chi connectivity index (χ0n) is 13.7. The lowest BCUT2D eigenvalue weighted by Gasteiger charge is -2.13. The van der Waals surface area contributed by atoms with Gasteiger partial charge < -0.3 is 9.47 Å². The van der Waals surface area contributed by atoms with E-state index in [0.717, 1.165) is 6.42 Å². The third-order valence-electron chi connectivity index (χ3n) is 3.03. The molecule has 130 valence electrons. The summed E-state index contributed by atoms with van der Waals surface area (Å²) in [5.41, 5.74) is 0.602. The fourth-order valence-electron chi connectivity index (χ4n) is 1.93. The van der Waals surface area contributed by atoms with Gasteiger partial charge in [-0.3, -0.25) is 10.1 Å². The minimum absolute atomic E-state index is 0.0358. The average molecular weight is 422 g/mol. The number of hydrogen-bond acceptors (Lipinski definition) is 6. The summed E-state index contributed by atoms with van der Waals surface area (Å²) < 4.78 is 11.7. The number of anilines is 1. The van der Waals surface area contributed by atoms with Gasteiger partial charge in [0.1, 0.15) is 11.6 Å². The van der Waals surface area contributed by atoms with Gasteiger partial charge in [-0.25, -0.2) is 4.98 Å². The highest BCUT2D eigenvalue weighted by Crippen LogP contribution is 2.37. The third-order valence-corrected chi connectivity index (χ3v) is 4.31. The lowest BCUT2D eigenvalue weighted by Crippen LogP contribution is -2.13. The number of ether oxygens (including phenoxy) is 2. The van der Waals surface area contributed by atoms with Crippen molar-refractivity contribution in [2.75, 3.05) is 19.0 Å². The molecule has 0 saturated carbocycles. The van der Waals surface area contributed by atoms with Gasteiger partial charge in [0.25, 0.3) is 5.91 Å². The number of carbonyl (C=O) groups is 1. The number of carbonyl (C=O) groups excluding carboxylic acids is 1. The molecule has 0 unspecified atom stereocenters. The molecule has 2 aromatic rings. The number of halogens is 1. The average Bonchev–Trinajstić information content (AvgIpc) is 3.11. The normalized spacial score (nSPS) is 10.9. The number of rotatable bonds is 7. The van der Waals surface area contributed by atoms with Crippen molar-refractivity contribution in [3.63, 3.8) is 0 Å². The summed E-state index contributed by atoms with van der Waals surface area (Å²) in [6.07, 6.45) is 3.93. The van der Waals surface area contributed by atoms with Crippen LogP contribution in [0.5, 0.6) is 11.5 Å². The molecule has 1 heterocycles. The van der Waals surface area contributed by atoms with Crippen LogP contribution in [0.1, 0.15) is 18.9 Å². The second-order valence-corrected chi connectivity index (χ2v) is 6.59. The maximum atomic E-state index is 12.2. The smallest absolute Gasteiger partial charge is 0.268 e. The Kier molecular flexibility index (Phi) is 6.98. The molecule has 8 heteroatoms. The molecule has 0 aliphatic heterocycles. The lowest BCUT2D eigenvalue weighted by molar-refractivity contribution is -0.112. The van der Waals surface area contributed by atoms with Gasteiger partial charge in [0.2, 0.25) is 0 Å². The van der Waals surface area contributed by atoms with Crippen LogP contribution < -0.4 is 14.8 Å². The molecule has 0 bridgehead atoms. The van der Waals surface area contributed by atoms with E-state index in [1.54, 1.807) is 23.7 Å². The van der Waals surface area contributed by atoms with Crippen LogP contribution in [0.4, 0.5) is 5.13 Å². The summed E-state index contributed by atoms with van der Waals surface area (Å²) in [6.45, 7) is 2.57. The summed E-state index contributed by atoms with van der Waals surface area (Å²) in [4.78, 5) is 16.2. The summed E-state index contributed by atoms with van der Waals surface area (Å²) in [7, 11) is 1.54. The molecule has 6 nitrogen and oxygen atoms in total. The predicted molar refractivity (Wildman–Crippen MR) is 101 cm³/mol. The van der Waals surface area contributed by atoms with Gasteiger partial charge in [0.15, 0.2) is 16.6 Å². The Morgan fingerprint density at radius 2 is 2.32 bits per heavy atom. The van der Waals surface area contributed by atoms with Crippen molar-refractivity contribution < 1.29 is 14.3 Å². The van der Waals surface area contributed by atoms with Gasteiger partial charge >= 0.3 is 0 Å². The minimum Gasteiger partial charge on any atom is -0.493 e. The second-order valence-electron chi connectivity index (χ2n) is 4.84. The van der Waals surface area contributed by atoms with Gasteiger partial charge in [-0.1, -0.05) is 6.92 Å². The first-order valence-electron chi connectivity index (χ1n) is 7.42. The number of hydrogen-bond donors (Lipinski definition) is 1. The summed E-state index contributed by atoms with van der Waals surface area (Å²) >= 11 is 4.72. The van der Waals surface area contributed by atoms with E-state index in [1.165, 1.54) is 24.5 Å². The summed E-state index contributed by atoms with van der Waals surface area (Å²) in [5.74, 6) is 0.595. The quantitative estimate of drug-likeness (QED) is 0.533. The van der Waals surface area contributed by atoms with Gasteiger partial charge in [0, 0.05) is 11.6 Å². The number of methoxy groups -OCH3 is 1. The molecule has 0 spiro atoms. The lowest BCUT2D eigenvalue weighted by atomic mass is 10.1. The van der Waals surface area contributed by atoms with Crippen LogP contribution in [0.3, 0.4) is 0 Å². The van der Waals surface area contributed by atoms with E-state index in [9.17, 15) is 10.1 Å². The van der Waals surface area contributed by atoms with Crippen LogP contribution in [-0.4, -0.2) is 24.6 Å². The van der Waals surface area contributed by atoms with Crippen LogP contribution in [-0.2, 0) is 4.79 Å². The zero-order chi connectivity index (χ0) is 18.2. The number of nitrogens with zero attached hydrogens (tertiary/aromatic N) is 2. The maximum absolute atomic E-state index is 12.2. The monoisotopic (exact) mass is 421 g/mol. The minimum atomic E-state index is -0.515.